The molecule has 1 unspecified atom stereocenters. The Morgan fingerprint density at radius 2 is 2.05 bits per heavy atom. The number of hydrogen-bond acceptors (Lipinski definition) is 3. The van der Waals surface area contributed by atoms with Gasteiger partial charge in [0.25, 0.3) is 0 Å². The molecule has 0 radical (unpaired) electrons. The maximum Gasteiger partial charge on any atom is 0.418 e. The summed E-state index contributed by atoms with van der Waals surface area (Å²) in [4.78, 5) is 3.77. The van der Waals surface area contributed by atoms with E-state index in [1.165, 1.54) is 12.3 Å². The summed E-state index contributed by atoms with van der Waals surface area (Å²) in [5, 5.41) is 12.1. The van der Waals surface area contributed by atoms with Crippen molar-refractivity contribution in [3.63, 3.8) is 0 Å². The van der Waals surface area contributed by atoms with Gasteiger partial charge in [-0.2, -0.15) is 13.2 Å². The molecule has 0 aliphatic carbocycles. The molecule has 0 bridgehead atoms. The number of aromatic nitrogens is 1. The van der Waals surface area contributed by atoms with Crippen molar-refractivity contribution in [1.82, 2.24) is 10.3 Å². The fourth-order valence-electron chi connectivity index (χ4n) is 1.87. The predicted molar refractivity (Wildman–Crippen MR) is 66.4 cm³/mol. The summed E-state index contributed by atoms with van der Waals surface area (Å²) in [7, 11) is 0. The molecule has 1 rings (SSSR count). The summed E-state index contributed by atoms with van der Waals surface area (Å²) < 4.78 is 38.2. The topological polar surface area (TPSA) is 45.1 Å². The molecular formula is C13H19F3N2O. The number of nitrogens with one attached hydrogen (secondary N) is 1. The Morgan fingerprint density at radius 1 is 1.37 bits per heavy atom. The van der Waals surface area contributed by atoms with Crippen LogP contribution in [0.25, 0.3) is 0 Å². The number of aliphatic hydroxyl groups excluding tert-OH is 1. The van der Waals surface area contributed by atoms with Crippen LogP contribution in [0.2, 0.25) is 0 Å². The zero-order valence-electron chi connectivity index (χ0n) is 11.0. The summed E-state index contributed by atoms with van der Waals surface area (Å²) >= 11 is 0. The van der Waals surface area contributed by atoms with Gasteiger partial charge in [-0.25, -0.2) is 0 Å². The third-order valence-electron chi connectivity index (χ3n) is 2.73. The van der Waals surface area contributed by atoms with E-state index in [4.69, 9.17) is 0 Å². The number of alkyl halides is 3. The van der Waals surface area contributed by atoms with Gasteiger partial charge in [0.05, 0.1) is 17.9 Å². The molecule has 0 aliphatic heterocycles. The third-order valence-corrected chi connectivity index (χ3v) is 2.73. The average Bonchev–Trinajstić information content (AvgIpc) is 2.33. The van der Waals surface area contributed by atoms with Crippen molar-refractivity contribution in [2.24, 2.45) is 5.92 Å². The summed E-state index contributed by atoms with van der Waals surface area (Å²) in [6, 6.07) is 2.06. The molecule has 1 aromatic rings. The first-order valence-corrected chi connectivity index (χ1v) is 6.20. The normalized spacial score (nSPS) is 13.8. The van der Waals surface area contributed by atoms with Crippen molar-refractivity contribution in [3.8, 4) is 0 Å². The number of hydrogen-bond donors (Lipinski definition) is 2. The van der Waals surface area contributed by atoms with Crippen molar-refractivity contribution in [2.45, 2.75) is 39.0 Å². The van der Waals surface area contributed by atoms with Gasteiger partial charge in [-0.1, -0.05) is 13.8 Å². The second-order valence-electron chi connectivity index (χ2n) is 4.89. The number of pyridine rings is 1. The van der Waals surface area contributed by atoms with Gasteiger partial charge in [0, 0.05) is 18.8 Å². The minimum absolute atomic E-state index is 0.00632. The smallest absolute Gasteiger partial charge is 0.395 e. The molecule has 0 saturated carbocycles. The van der Waals surface area contributed by atoms with E-state index >= 15 is 0 Å². The summed E-state index contributed by atoms with van der Waals surface area (Å²) in [6.07, 6.45) is -2.37. The van der Waals surface area contributed by atoms with Gasteiger partial charge in [0.1, 0.15) is 0 Å². The van der Waals surface area contributed by atoms with Crippen LogP contribution >= 0.6 is 0 Å². The summed E-state index contributed by atoms with van der Waals surface area (Å²) in [5.41, 5.74) is -0.777. The Kier molecular flexibility index (Phi) is 5.75. The molecule has 0 aromatic carbocycles. The predicted octanol–water partition coefficient (Wildman–Crippen LogP) is 2.60. The van der Waals surface area contributed by atoms with E-state index in [0.717, 1.165) is 6.07 Å². The highest BCUT2D eigenvalue weighted by Gasteiger charge is 2.33. The molecule has 1 aromatic heterocycles. The van der Waals surface area contributed by atoms with Crippen molar-refractivity contribution < 1.29 is 18.3 Å². The van der Waals surface area contributed by atoms with Crippen LogP contribution in [-0.2, 0) is 12.7 Å². The zero-order chi connectivity index (χ0) is 14.5. The average molecular weight is 276 g/mol. The number of rotatable bonds is 6. The van der Waals surface area contributed by atoms with Crippen molar-refractivity contribution in [1.29, 1.82) is 0 Å². The van der Waals surface area contributed by atoms with Crippen LogP contribution in [0, 0.1) is 5.92 Å². The fraction of sp³-hybridized carbons (Fsp3) is 0.615. The van der Waals surface area contributed by atoms with E-state index in [-0.39, 0.29) is 24.9 Å². The largest absolute Gasteiger partial charge is 0.418 e. The second kappa shape index (κ2) is 6.86. The molecular weight excluding hydrogens is 257 g/mol. The van der Waals surface area contributed by atoms with Gasteiger partial charge >= 0.3 is 6.18 Å². The van der Waals surface area contributed by atoms with Crippen LogP contribution in [-0.4, -0.2) is 22.7 Å². The Labute approximate surface area is 110 Å². The van der Waals surface area contributed by atoms with E-state index < -0.39 is 11.7 Å². The Bertz CT molecular complexity index is 394. The van der Waals surface area contributed by atoms with Crippen molar-refractivity contribution in [3.05, 3.63) is 29.6 Å². The molecule has 1 atom stereocenters. The summed E-state index contributed by atoms with van der Waals surface area (Å²) in [6.45, 7) is 3.87. The van der Waals surface area contributed by atoms with Crippen LogP contribution in [0.15, 0.2) is 18.3 Å². The lowest BCUT2D eigenvalue weighted by Crippen LogP contribution is -2.34. The van der Waals surface area contributed by atoms with Crippen molar-refractivity contribution in [2.75, 3.05) is 6.61 Å². The molecule has 0 fully saturated rings. The minimum atomic E-state index is -4.40. The maximum atomic E-state index is 12.7. The lowest BCUT2D eigenvalue weighted by Gasteiger charge is -2.19. The second-order valence-corrected chi connectivity index (χ2v) is 4.89. The lowest BCUT2D eigenvalue weighted by atomic mass is 10.0. The Balaban J connectivity index is 2.72. The van der Waals surface area contributed by atoms with E-state index in [1.54, 1.807) is 0 Å². The van der Waals surface area contributed by atoms with Gasteiger partial charge in [0.15, 0.2) is 0 Å². The lowest BCUT2D eigenvalue weighted by molar-refractivity contribution is -0.138. The fourth-order valence-corrected chi connectivity index (χ4v) is 1.87. The minimum Gasteiger partial charge on any atom is -0.395 e. The Hall–Kier alpha value is -1.14. The van der Waals surface area contributed by atoms with Crippen LogP contribution in [0.3, 0.4) is 0 Å². The molecule has 6 heteroatoms. The Morgan fingerprint density at radius 3 is 2.58 bits per heavy atom. The van der Waals surface area contributed by atoms with Crippen LogP contribution in [0.4, 0.5) is 13.2 Å². The van der Waals surface area contributed by atoms with Gasteiger partial charge in [-0.15, -0.1) is 0 Å². The van der Waals surface area contributed by atoms with E-state index in [2.05, 4.69) is 10.3 Å². The summed E-state index contributed by atoms with van der Waals surface area (Å²) in [5.74, 6) is 0.357. The quantitative estimate of drug-likeness (QED) is 0.839. The van der Waals surface area contributed by atoms with Crippen LogP contribution in [0.1, 0.15) is 31.5 Å². The zero-order valence-corrected chi connectivity index (χ0v) is 11.0. The van der Waals surface area contributed by atoms with Gasteiger partial charge in [-0.05, 0) is 24.5 Å². The standard InChI is InChI=1S/C13H19F3N2O/c1-9(2)6-10(8-19)18-7-12-11(13(14,15)16)4-3-5-17-12/h3-5,9-10,18-19H,6-8H2,1-2H3. The first kappa shape index (κ1) is 15.9. The maximum absolute atomic E-state index is 12.7. The third kappa shape index (κ3) is 5.16. The molecule has 2 N–H and O–H groups in total. The number of aliphatic hydroxyl groups is 1. The first-order valence-electron chi connectivity index (χ1n) is 6.20. The first-order chi connectivity index (χ1) is 8.84. The van der Waals surface area contributed by atoms with E-state index in [1.807, 2.05) is 13.8 Å². The molecule has 108 valence electrons. The molecule has 1 heterocycles. The SMILES string of the molecule is CC(C)CC(CO)NCc1ncccc1C(F)(F)F. The number of nitrogens with zero attached hydrogens (tertiary/aromatic N) is 1. The highest BCUT2D eigenvalue weighted by atomic mass is 19.4. The molecule has 3 nitrogen and oxygen atoms in total. The highest BCUT2D eigenvalue weighted by molar-refractivity contribution is 5.22. The molecule has 19 heavy (non-hydrogen) atoms. The molecule has 0 saturated heterocycles. The van der Waals surface area contributed by atoms with Gasteiger partial charge in [-0.3, -0.25) is 4.98 Å². The van der Waals surface area contributed by atoms with Crippen LogP contribution in [0.5, 0.6) is 0 Å². The highest BCUT2D eigenvalue weighted by Crippen LogP contribution is 2.30. The van der Waals surface area contributed by atoms with Crippen molar-refractivity contribution >= 4 is 0 Å². The van der Waals surface area contributed by atoms with E-state index in [0.29, 0.717) is 12.3 Å². The molecule has 0 spiro atoms. The van der Waals surface area contributed by atoms with Gasteiger partial charge in [0.2, 0.25) is 0 Å². The monoisotopic (exact) mass is 276 g/mol. The van der Waals surface area contributed by atoms with Crippen LogP contribution < -0.4 is 5.32 Å². The molecule has 0 aliphatic rings. The molecule has 0 amide bonds. The number of halogens is 3. The van der Waals surface area contributed by atoms with E-state index in [9.17, 15) is 18.3 Å². The van der Waals surface area contributed by atoms with Gasteiger partial charge < -0.3 is 10.4 Å².